The summed E-state index contributed by atoms with van der Waals surface area (Å²) in [5.41, 5.74) is 6.49. The van der Waals surface area contributed by atoms with E-state index in [9.17, 15) is 4.79 Å². The summed E-state index contributed by atoms with van der Waals surface area (Å²) in [6, 6.07) is 31.2. The van der Waals surface area contributed by atoms with Crippen LogP contribution in [0.2, 0.25) is 0 Å². The Labute approximate surface area is 275 Å². The van der Waals surface area contributed by atoms with Crippen LogP contribution in [0.25, 0.3) is 0 Å². The molecule has 1 atom stereocenters. The predicted molar refractivity (Wildman–Crippen MR) is 183 cm³/mol. The van der Waals surface area contributed by atoms with Crippen LogP contribution >= 0.6 is 0 Å². The highest BCUT2D eigenvalue weighted by atomic mass is 32.2. The van der Waals surface area contributed by atoms with Gasteiger partial charge in [0.05, 0.1) is 11.7 Å². The molecule has 1 aliphatic heterocycles. The molecule has 4 aromatic carbocycles. The van der Waals surface area contributed by atoms with Crippen LogP contribution in [-0.2, 0) is 46.7 Å². The van der Waals surface area contributed by atoms with Gasteiger partial charge in [-0.1, -0.05) is 97.1 Å². The molecule has 5 aromatic rings. The second-order valence-electron chi connectivity index (χ2n) is 13.2. The molecule has 1 unspecified atom stereocenters. The van der Waals surface area contributed by atoms with E-state index in [2.05, 4.69) is 21.2 Å². The fourth-order valence-electron chi connectivity index (χ4n) is 7.26. The van der Waals surface area contributed by atoms with Gasteiger partial charge in [0.1, 0.15) is 17.0 Å². The van der Waals surface area contributed by atoms with E-state index in [1.165, 1.54) is 28.5 Å². The van der Waals surface area contributed by atoms with Crippen molar-refractivity contribution in [2.45, 2.75) is 61.9 Å². The minimum Gasteiger partial charge on any atom is -0.474 e. The molecule has 0 bridgehead atoms. The molecule has 238 valence electrons. The number of fused-ring (bicyclic) bond motifs is 3. The number of nitrogens with zero attached hydrogens (tertiary/aromatic N) is 3. The first-order valence-electron chi connectivity index (χ1n) is 16.2. The molecule has 47 heavy (non-hydrogen) atoms. The van der Waals surface area contributed by atoms with Gasteiger partial charge >= 0.3 is 6.03 Å². The Morgan fingerprint density at radius 1 is 0.851 bits per heavy atom. The van der Waals surface area contributed by atoms with Gasteiger partial charge in [0.25, 0.3) is 0 Å². The maximum absolute atomic E-state index is 15.9. The molecule has 9 heteroatoms. The van der Waals surface area contributed by atoms with Gasteiger partial charge in [-0.05, 0) is 84.9 Å². The molecular formula is C38H37N5O3S. The molecule has 2 aliphatic carbocycles. The van der Waals surface area contributed by atoms with Crippen LogP contribution in [0.1, 0.15) is 59.2 Å². The number of carbonyl (C=O) groups excluding carboxylic acids is 1. The van der Waals surface area contributed by atoms with E-state index in [0.717, 1.165) is 54.5 Å². The summed E-state index contributed by atoms with van der Waals surface area (Å²) in [4.78, 5) is 14.4. The number of rotatable bonds is 7. The quantitative estimate of drug-likeness (QED) is 0.184. The van der Waals surface area contributed by atoms with Crippen molar-refractivity contribution < 1.29 is 13.7 Å². The number of anilines is 1. The SMILES string of the molecule is CC1(C)COc2c(S(=O)(=NC(c3ccccc3)(c3ccccc3)c3ccccc3)NC(=O)Nc3c4c(cc5c3CC5)CCC4)cnn21. The van der Waals surface area contributed by atoms with Crippen LogP contribution < -0.4 is 14.8 Å². The fourth-order valence-corrected chi connectivity index (χ4v) is 9.09. The highest BCUT2D eigenvalue weighted by Gasteiger charge is 2.43. The molecule has 0 saturated heterocycles. The summed E-state index contributed by atoms with van der Waals surface area (Å²) >= 11 is 0. The van der Waals surface area contributed by atoms with Gasteiger partial charge in [0, 0.05) is 5.69 Å². The summed E-state index contributed by atoms with van der Waals surface area (Å²) in [6.45, 7) is 4.37. The van der Waals surface area contributed by atoms with Crippen LogP contribution in [-0.4, -0.2) is 26.6 Å². The lowest BCUT2D eigenvalue weighted by molar-refractivity contribution is 0.256. The molecule has 0 fully saturated rings. The first kappa shape index (κ1) is 29.5. The lowest BCUT2D eigenvalue weighted by atomic mass is 9.78. The zero-order valence-electron chi connectivity index (χ0n) is 26.5. The highest BCUT2D eigenvalue weighted by Crippen LogP contribution is 2.45. The molecule has 0 spiro atoms. The predicted octanol–water partition coefficient (Wildman–Crippen LogP) is 7.15. The molecule has 2 amide bonds. The molecule has 3 aliphatic rings. The number of carbonyl (C=O) groups is 1. The third-order valence-electron chi connectivity index (χ3n) is 9.68. The molecule has 2 N–H and O–H groups in total. The number of benzene rings is 4. The summed E-state index contributed by atoms with van der Waals surface area (Å²) in [6.07, 6.45) is 6.43. The number of amides is 2. The number of aryl methyl sites for hydroxylation is 2. The average molecular weight is 644 g/mol. The smallest absolute Gasteiger partial charge is 0.331 e. The Hall–Kier alpha value is -4.89. The summed E-state index contributed by atoms with van der Waals surface area (Å²) in [5, 5.41) is 7.77. The fraction of sp³-hybridized carbons (Fsp3) is 0.263. The number of aromatic nitrogens is 2. The number of nitrogens with one attached hydrogen (secondary N) is 2. The normalized spacial score (nSPS) is 16.9. The van der Waals surface area contributed by atoms with E-state index in [4.69, 9.17) is 9.10 Å². The van der Waals surface area contributed by atoms with Crippen molar-refractivity contribution in [3.63, 3.8) is 0 Å². The van der Waals surface area contributed by atoms with Gasteiger partial charge in [0.15, 0.2) is 9.92 Å². The minimum atomic E-state index is -3.79. The van der Waals surface area contributed by atoms with Gasteiger partial charge in [0.2, 0.25) is 5.88 Å². The standard InChI is InChI=1S/C38H37N5O3S/c1-37(2)25-46-35-33(24-39-43(35)37)47(45,41-36(44)40-34-31-20-12-13-26(31)23-27-21-22-32(27)34)42-38(28-14-6-3-7-15-28,29-16-8-4-9-17-29)30-18-10-5-11-19-30/h3-11,14-19,23-24H,12-13,20-22,25H2,1-2H3,(H2,40,41,42,44,45). The van der Waals surface area contributed by atoms with Gasteiger partial charge in [-0.15, -0.1) is 0 Å². The van der Waals surface area contributed by atoms with Crippen molar-refractivity contribution in [1.29, 1.82) is 0 Å². The zero-order chi connectivity index (χ0) is 32.2. The third-order valence-corrected chi connectivity index (χ3v) is 11.6. The van der Waals surface area contributed by atoms with E-state index in [1.54, 1.807) is 4.68 Å². The van der Waals surface area contributed by atoms with E-state index in [0.29, 0.717) is 12.5 Å². The molecule has 8 rings (SSSR count). The lowest BCUT2D eigenvalue weighted by Crippen LogP contribution is -2.38. The lowest BCUT2D eigenvalue weighted by Gasteiger charge is -2.33. The van der Waals surface area contributed by atoms with Crippen molar-refractivity contribution in [1.82, 2.24) is 14.5 Å². The van der Waals surface area contributed by atoms with Crippen LogP contribution in [0.5, 0.6) is 5.88 Å². The van der Waals surface area contributed by atoms with Gasteiger partial charge < -0.3 is 10.1 Å². The van der Waals surface area contributed by atoms with Gasteiger partial charge in [-0.25, -0.2) is 18.4 Å². The van der Waals surface area contributed by atoms with Crippen molar-refractivity contribution >= 4 is 21.6 Å². The van der Waals surface area contributed by atoms with Gasteiger partial charge in [-0.2, -0.15) is 9.46 Å². The van der Waals surface area contributed by atoms with Crippen LogP contribution in [0.4, 0.5) is 10.5 Å². The Morgan fingerprint density at radius 3 is 2.00 bits per heavy atom. The monoisotopic (exact) mass is 643 g/mol. The summed E-state index contributed by atoms with van der Waals surface area (Å²) in [5.74, 6) is 0.344. The second-order valence-corrected chi connectivity index (χ2v) is 15.1. The van der Waals surface area contributed by atoms with Crippen LogP contribution in [0.3, 0.4) is 0 Å². The zero-order valence-corrected chi connectivity index (χ0v) is 27.3. The van der Waals surface area contributed by atoms with E-state index >= 15 is 4.21 Å². The van der Waals surface area contributed by atoms with Gasteiger partial charge in [-0.3, -0.25) is 0 Å². The first-order valence-corrected chi connectivity index (χ1v) is 17.7. The maximum atomic E-state index is 15.9. The van der Waals surface area contributed by atoms with Crippen LogP contribution in [0, 0.1) is 0 Å². The van der Waals surface area contributed by atoms with E-state index in [1.807, 2.05) is 105 Å². The maximum Gasteiger partial charge on any atom is 0.331 e. The number of ether oxygens (including phenoxy) is 1. The largest absolute Gasteiger partial charge is 0.474 e. The Bertz CT molecular complexity index is 2020. The first-order chi connectivity index (χ1) is 22.8. The Balaban J connectivity index is 1.36. The van der Waals surface area contributed by atoms with Crippen molar-refractivity contribution in [3.05, 3.63) is 142 Å². The summed E-state index contributed by atoms with van der Waals surface area (Å²) in [7, 11) is -3.79. The Morgan fingerprint density at radius 2 is 1.43 bits per heavy atom. The van der Waals surface area contributed by atoms with Crippen LogP contribution in [0.15, 0.2) is 113 Å². The number of hydrogen-bond acceptors (Lipinski definition) is 5. The highest BCUT2D eigenvalue weighted by molar-refractivity contribution is 7.92. The van der Waals surface area contributed by atoms with Crippen molar-refractivity contribution in [2.75, 3.05) is 11.9 Å². The van der Waals surface area contributed by atoms with E-state index in [-0.39, 0.29) is 4.90 Å². The molecule has 2 heterocycles. The van der Waals surface area contributed by atoms with E-state index < -0.39 is 27.0 Å². The third kappa shape index (κ3) is 4.83. The topological polar surface area (TPSA) is 97.6 Å². The molecule has 8 nitrogen and oxygen atoms in total. The molecular weight excluding hydrogens is 607 g/mol. The molecule has 1 aromatic heterocycles. The van der Waals surface area contributed by atoms with Crippen molar-refractivity contribution in [3.8, 4) is 5.88 Å². The number of urea groups is 1. The average Bonchev–Trinajstić information content (AvgIpc) is 3.80. The minimum absolute atomic E-state index is 0.233. The van der Waals surface area contributed by atoms with Crippen molar-refractivity contribution in [2.24, 2.45) is 4.36 Å². The summed E-state index contributed by atoms with van der Waals surface area (Å²) < 4.78 is 32.0. The Kier molecular flexibility index (Phi) is 6.98. The molecule has 0 radical (unpaired) electrons. The second kappa shape index (κ2) is 11.1. The molecule has 0 saturated carbocycles. The number of hydrogen-bond donors (Lipinski definition) is 2.